The number of halogens is 1. The number of nitrogens with one attached hydrogen (secondary N) is 1. The topological polar surface area (TPSA) is 80.2 Å². The Morgan fingerprint density at radius 3 is 2.46 bits per heavy atom. The fraction of sp³-hybridized carbons (Fsp3) is 0.933. The summed E-state index contributed by atoms with van der Waals surface area (Å²) < 4.78 is 34.7. The van der Waals surface area contributed by atoms with Crippen molar-refractivity contribution in [2.75, 3.05) is 52.8 Å². The summed E-state index contributed by atoms with van der Waals surface area (Å²) >= 11 is 0. The lowest BCUT2D eigenvalue weighted by Gasteiger charge is -2.41. The Hall–Kier alpha value is -0.130. The number of aliphatic imine (C=N–C) groups is 1. The zero-order valence-electron chi connectivity index (χ0n) is 15.0. The van der Waals surface area contributed by atoms with E-state index in [0.29, 0.717) is 32.8 Å². The molecule has 0 aromatic heterocycles. The number of guanidine groups is 1. The van der Waals surface area contributed by atoms with Crippen LogP contribution in [0.5, 0.6) is 0 Å². The summed E-state index contributed by atoms with van der Waals surface area (Å²) in [6.07, 6.45) is 1.68. The first-order chi connectivity index (χ1) is 10.8. The van der Waals surface area contributed by atoms with Gasteiger partial charge in [-0.05, 0) is 13.8 Å². The van der Waals surface area contributed by atoms with Gasteiger partial charge in [-0.15, -0.1) is 24.0 Å². The van der Waals surface area contributed by atoms with Gasteiger partial charge in [0.1, 0.15) is 0 Å². The van der Waals surface area contributed by atoms with Gasteiger partial charge in [-0.2, -0.15) is 0 Å². The maximum absolute atomic E-state index is 12.1. The molecule has 1 N–H and O–H groups in total. The van der Waals surface area contributed by atoms with Gasteiger partial charge >= 0.3 is 0 Å². The third kappa shape index (κ3) is 4.73. The largest absolute Gasteiger partial charge is 0.381 e. The Balaban J connectivity index is 0.00000288. The van der Waals surface area contributed by atoms with E-state index in [9.17, 15) is 8.42 Å². The SMILES string of the molecule is CN=C(NCC1(OC)CCOCC1)N1CCS(=O)(=O)C(C)(C)C1.I. The molecular formula is C15H30IN3O4S. The van der Waals surface area contributed by atoms with E-state index in [0.717, 1.165) is 18.8 Å². The van der Waals surface area contributed by atoms with Crippen molar-refractivity contribution < 1.29 is 17.9 Å². The Morgan fingerprint density at radius 1 is 1.33 bits per heavy atom. The summed E-state index contributed by atoms with van der Waals surface area (Å²) in [6, 6.07) is 0. The molecule has 0 aromatic carbocycles. The van der Waals surface area contributed by atoms with Crippen LogP contribution in [-0.2, 0) is 19.3 Å². The third-order valence-corrected chi connectivity index (χ3v) is 7.49. The Morgan fingerprint density at radius 2 is 1.96 bits per heavy atom. The number of hydrogen-bond donors (Lipinski definition) is 1. The van der Waals surface area contributed by atoms with Gasteiger partial charge in [-0.25, -0.2) is 8.42 Å². The van der Waals surface area contributed by atoms with Crippen molar-refractivity contribution >= 4 is 39.8 Å². The minimum Gasteiger partial charge on any atom is -0.381 e. The van der Waals surface area contributed by atoms with Gasteiger partial charge in [0.25, 0.3) is 0 Å². The second-order valence-electron chi connectivity index (χ2n) is 6.90. The fourth-order valence-electron chi connectivity index (χ4n) is 3.09. The molecule has 0 aromatic rings. The number of sulfone groups is 1. The summed E-state index contributed by atoms with van der Waals surface area (Å²) in [5.74, 6) is 0.889. The molecule has 0 unspecified atom stereocenters. The smallest absolute Gasteiger partial charge is 0.193 e. The molecule has 0 spiro atoms. The first kappa shape index (κ1) is 21.9. The van der Waals surface area contributed by atoms with Gasteiger partial charge in [-0.3, -0.25) is 4.99 Å². The second-order valence-corrected chi connectivity index (χ2v) is 9.64. The Labute approximate surface area is 162 Å². The lowest BCUT2D eigenvalue weighted by Crippen LogP contribution is -2.59. The molecule has 2 aliphatic heterocycles. The molecule has 0 atom stereocenters. The molecule has 2 fully saturated rings. The quantitative estimate of drug-likeness (QED) is 0.371. The van der Waals surface area contributed by atoms with Crippen LogP contribution >= 0.6 is 24.0 Å². The molecule has 24 heavy (non-hydrogen) atoms. The minimum absolute atomic E-state index is 0. The van der Waals surface area contributed by atoms with Crippen molar-refractivity contribution in [1.29, 1.82) is 0 Å². The van der Waals surface area contributed by atoms with Crippen molar-refractivity contribution in [2.24, 2.45) is 4.99 Å². The zero-order valence-corrected chi connectivity index (χ0v) is 18.1. The molecule has 7 nitrogen and oxygen atoms in total. The molecule has 0 aliphatic carbocycles. The van der Waals surface area contributed by atoms with Crippen LogP contribution < -0.4 is 5.32 Å². The number of nitrogens with zero attached hydrogens (tertiary/aromatic N) is 2. The van der Waals surface area contributed by atoms with Gasteiger partial charge in [0.2, 0.25) is 0 Å². The third-order valence-electron chi connectivity index (χ3n) is 4.96. The Kier molecular flexibility index (Phi) is 7.76. The maximum Gasteiger partial charge on any atom is 0.193 e. The van der Waals surface area contributed by atoms with Crippen LogP contribution in [0.15, 0.2) is 4.99 Å². The number of methoxy groups -OCH3 is 1. The van der Waals surface area contributed by atoms with Crippen LogP contribution in [0.2, 0.25) is 0 Å². The van der Waals surface area contributed by atoms with E-state index in [2.05, 4.69) is 10.3 Å². The van der Waals surface area contributed by atoms with Gasteiger partial charge in [-0.1, -0.05) is 0 Å². The highest BCUT2D eigenvalue weighted by Gasteiger charge is 2.41. The van der Waals surface area contributed by atoms with Gasteiger partial charge in [0.05, 0.1) is 16.1 Å². The van der Waals surface area contributed by atoms with Crippen LogP contribution in [0.25, 0.3) is 0 Å². The van der Waals surface area contributed by atoms with E-state index in [4.69, 9.17) is 9.47 Å². The van der Waals surface area contributed by atoms with E-state index in [1.807, 2.05) is 4.90 Å². The summed E-state index contributed by atoms with van der Waals surface area (Å²) in [6.45, 7) is 6.50. The average Bonchev–Trinajstić information content (AvgIpc) is 2.52. The fourth-order valence-corrected chi connectivity index (χ4v) is 4.46. The predicted molar refractivity (Wildman–Crippen MR) is 106 cm³/mol. The molecule has 0 amide bonds. The molecular weight excluding hydrogens is 445 g/mol. The van der Waals surface area contributed by atoms with Gasteiger partial charge < -0.3 is 19.7 Å². The highest BCUT2D eigenvalue weighted by molar-refractivity contribution is 14.0. The zero-order chi connectivity index (χ0) is 17.1. The molecule has 142 valence electrons. The summed E-state index contributed by atoms with van der Waals surface area (Å²) in [5.41, 5.74) is -0.244. The lowest BCUT2D eigenvalue weighted by atomic mass is 9.94. The van der Waals surface area contributed by atoms with E-state index in [-0.39, 0.29) is 35.3 Å². The van der Waals surface area contributed by atoms with Crippen LogP contribution in [0.3, 0.4) is 0 Å². The predicted octanol–water partition coefficient (Wildman–Crippen LogP) is 0.884. The Bertz CT molecular complexity index is 545. The molecule has 0 radical (unpaired) electrons. The first-order valence-electron chi connectivity index (χ1n) is 8.06. The number of hydrogen-bond acceptors (Lipinski definition) is 5. The molecule has 2 heterocycles. The normalized spacial score (nSPS) is 25.7. The molecule has 2 saturated heterocycles. The van der Waals surface area contributed by atoms with E-state index in [1.165, 1.54) is 0 Å². The van der Waals surface area contributed by atoms with Crippen molar-refractivity contribution in [2.45, 2.75) is 37.0 Å². The molecule has 0 saturated carbocycles. The summed E-state index contributed by atoms with van der Waals surface area (Å²) in [4.78, 5) is 6.34. The van der Waals surface area contributed by atoms with Crippen molar-refractivity contribution in [1.82, 2.24) is 10.2 Å². The van der Waals surface area contributed by atoms with Crippen molar-refractivity contribution in [3.8, 4) is 0 Å². The van der Waals surface area contributed by atoms with Crippen LogP contribution in [0.4, 0.5) is 0 Å². The van der Waals surface area contributed by atoms with Gasteiger partial charge in [0, 0.05) is 59.8 Å². The monoisotopic (exact) mass is 475 g/mol. The van der Waals surface area contributed by atoms with E-state index < -0.39 is 14.6 Å². The summed E-state index contributed by atoms with van der Waals surface area (Å²) in [5, 5.41) is 3.37. The van der Waals surface area contributed by atoms with Crippen LogP contribution in [0.1, 0.15) is 26.7 Å². The molecule has 0 bridgehead atoms. The minimum atomic E-state index is -3.05. The van der Waals surface area contributed by atoms with Crippen LogP contribution in [-0.4, -0.2) is 82.4 Å². The molecule has 2 rings (SSSR count). The second kappa shape index (κ2) is 8.50. The molecule has 2 aliphatic rings. The van der Waals surface area contributed by atoms with E-state index in [1.54, 1.807) is 28.0 Å². The molecule has 9 heteroatoms. The summed E-state index contributed by atoms with van der Waals surface area (Å²) in [7, 11) is 0.399. The van der Waals surface area contributed by atoms with Crippen LogP contribution in [0, 0.1) is 0 Å². The standard InChI is InChI=1S/C15H29N3O4S.HI/c1-14(2)12-18(7-10-23(14,19)20)13(16-3)17-11-15(21-4)5-8-22-9-6-15;/h5-12H2,1-4H3,(H,16,17);1H. The highest BCUT2D eigenvalue weighted by Crippen LogP contribution is 2.25. The average molecular weight is 475 g/mol. The number of rotatable bonds is 3. The highest BCUT2D eigenvalue weighted by atomic mass is 127. The first-order valence-corrected chi connectivity index (χ1v) is 9.71. The van der Waals surface area contributed by atoms with Crippen molar-refractivity contribution in [3.63, 3.8) is 0 Å². The number of ether oxygens (including phenoxy) is 2. The van der Waals surface area contributed by atoms with E-state index >= 15 is 0 Å². The van der Waals surface area contributed by atoms with Gasteiger partial charge in [0.15, 0.2) is 15.8 Å². The maximum atomic E-state index is 12.1. The van der Waals surface area contributed by atoms with Crippen molar-refractivity contribution in [3.05, 3.63) is 0 Å². The lowest BCUT2D eigenvalue weighted by molar-refractivity contribution is -0.0857.